The van der Waals surface area contributed by atoms with Crippen molar-refractivity contribution in [1.82, 2.24) is 19.2 Å². The standard InChI is InChI=1S/C23H20ClN5O5S2/c1-34-23(31)18-10-28(36(32,33)21-7-14-3-4-15(24)8-19(14)35-21)11-20(30)29(18)9-13-2-5-16-17(6-13)26-12-27-22(16)25/h2-8,12,18H,9-11H2,1H3,(H2,25,26,27). The van der Waals surface area contributed by atoms with Gasteiger partial charge in [0.05, 0.1) is 19.2 Å². The second kappa shape index (κ2) is 9.28. The molecule has 2 aromatic carbocycles. The summed E-state index contributed by atoms with van der Waals surface area (Å²) in [6.07, 6.45) is 1.34. The number of aromatic nitrogens is 2. The molecule has 2 N–H and O–H groups in total. The number of amides is 1. The van der Waals surface area contributed by atoms with Crippen molar-refractivity contribution in [1.29, 1.82) is 0 Å². The number of halogens is 1. The number of hydrogen-bond acceptors (Lipinski definition) is 9. The Hall–Kier alpha value is -3.32. The minimum atomic E-state index is -4.05. The summed E-state index contributed by atoms with van der Waals surface area (Å²) in [5.41, 5.74) is 7.17. The highest BCUT2D eigenvalue weighted by Gasteiger charge is 2.42. The molecule has 5 rings (SSSR count). The molecule has 1 fully saturated rings. The van der Waals surface area contributed by atoms with Gasteiger partial charge in [-0.1, -0.05) is 23.7 Å². The summed E-state index contributed by atoms with van der Waals surface area (Å²) in [5.74, 6) is -0.900. The number of carbonyl (C=O) groups is 2. The minimum absolute atomic E-state index is 0.0632. The van der Waals surface area contributed by atoms with E-state index in [0.29, 0.717) is 32.0 Å². The molecule has 1 amide bonds. The van der Waals surface area contributed by atoms with Crippen LogP contribution in [0.3, 0.4) is 0 Å². The maximum Gasteiger partial charge on any atom is 0.329 e. The molecule has 1 unspecified atom stereocenters. The Kier molecular flexibility index (Phi) is 6.29. The van der Waals surface area contributed by atoms with Gasteiger partial charge in [-0.3, -0.25) is 4.79 Å². The van der Waals surface area contributed by atoms with Gasteiger partial charge in [0, 0.05) is 28.2 Å². The van der Waals surface area contributed by atoms with Crippen LogP contribution in [0.1, 0.15) is 5.56 Å². The van der Waals surface area contributed by atoms with Crippen molar-refractivity contribution in [2.24, 2.45) is 0 Å². The molecule has 0 spiro atoms. The summed E-state index contributed by atoms with van der Waals surface area (Å²) in [5, 5.41) is 1.88. The molecular formula is C23H20ClN5O5S2. The quantitative estimate of drug-likeness (QED) is 0.378. The predicted octanol–water partition coefficient (Wildman–Crippen LogP) is 2.65. The fourth-order valence-corrected chi connectivity index (χ4v) is 7.37. The van der Waals surface area contributed by atoms with Crippen molar-refractivity contribution in [2.45, 2.75) is 16.8 Å². The summed E-state index contributed by atoms with van der Waals surface area (Å²) in [6, 6.07) is 10.8. The first-order valence-electron chi connectivity index (χ1n) is 10.7. The molecule has 36 heavy (non-hydrogen) atoms. The lowest BCUT2D eigenvalue weighted by atomic mass is 10.1. The fraction of sp³-hybridized carbons (Fsp3) is 0.217. The van der Waals surface area contributed by atoms with Crippen LogP contribution in [-0.4, -0.2) is 65.7 Å². The van der Waals surface area contributed by atoms with Gasteiger partial charge in [0.15, 0.2) is 0 Å². The lowest BCUT2D eigenvalue weighted by Gasteiger charge is -2.38. The van der Waals surface area contributed by atoms with E-state index in [1.165, 1.54) is 24.4 Å². The summed E-state index contributed by atoms with van der Waals surface area (Å²) < 4.78 is 33.6. The van der Waals surface area contributed by atoms with Crippen LogP contribution in [0.25, 0.3) is 21.0 Å². The van der Waals surface area contributed by atoms with Gasteiger partial charge in [-0.05, 0) is 41.3 Å². The number of thiophene rings is 1. The number of carbonyl (C=O) groups excluding carboxylic acids is 2. The monoisotopic (exact) mass is 545 g/mol. The number of methoxy groups -OCH3 is 1. The van der Waals surface area contributed by atoms with Gasteiger partial charge in [0.25, 0.3) is 10.0 Å². The second-order valence-corrected chi connectivity index (χ2v) is 11.9. The SMILES string of the molecule is COC(=O)C1CN(S(=O)(=O)c2cc3ccc(Cl)cc3s2)CC(=O)N1Cc1ccc2c(N)ncnc2c1. The van der Waals surface area contributed by atoms with Crippen LogP contribution in [-0.2, 0) is 30.9 Å². The van der Waals surface area contributed by atoms with Crippen LogP contribution in [0.2, 0.25) is 5.02 Å². The van der Waals surface area contributed by atoms with Crippen molar-refractivity contribution in [2.75, 3.05) is 25.9 Å². The van der Waals surface area contributed by atoms with Crippen LogP contribution in [0, 0.1) is 0 Å². The molecule has 186 valence electrons. The number of esters is 1. The lowest BCUT2D eigenvalue weighted by Crippen LogP contribution is -2.60. The van der Waals surface area contributed by atoms with Crippen molar-refractivity contribution in [3.05, 3.63) is 59.4 Å². The number of piperazine rings is 1. The maximum absolute atomic E-state index is 13.4. The molecule has 0 saturated carbocycles. The first-order valence-corrected chi connectivity index (χ1v) is 13.4. The number of nitrogen functional groups attached to an aromatic ring is 1. The van der Waals surface area contributed by atoms with Gasteiger partial charge < -0.3 is 15.4 Å². The van der Waals surface area contributed by atoms with E-state index in [1.54, 1.807) is 36.4 Å². The van der Waals surface area contributed by atoms with E-state index in [1.807, 2.05) is 0 Å². The Morgan fingerprint density at radius 3 is 2.81 bits per heavy atom. The molecule has 2 aromatic heterocycles. The zero-order valence-corrected chi connectivity index (χ0v) is 21.3. The second-order valence-electron chi connectivity index (χ2n) is 8.22. The van der Waals surface area contributed by atoms with E-state index < -0.39 is 34.5 Å². The summed E-state index contributed by atoms with van der Waals surface area (Å²) >= 11 is 7.09. The summed E-state index contributed by atoms with van der Waals surface area (Å²) in [6.45, 7) is -0.584. The molecule has 1 atom stereocenters. The molecule has 1 aliphatic heterocycles. The number of nitrogens with two attached hydrogens (primary N) is 1. The third kappa shape index (κ3) is 4.37. The van der Waals surface area contributed by atoms with Gasteiger partial charge >= 0.3 is 5.97 Å². The van der Waals surface area contributed by atoms with E-state index in [0.717, 1.165) is 21.0 Å². The van der Waals surface area contributed by atoms with Gasteiger partial charge in [0.1, 0.15) is 22.4 Å². The van der Waals surface area contributed by atoms with Crippen LogP contribution < -0.4 is 5.73 Å². The first-order chi connectivity index (χ1) is 17.2. The number of sulfonamides is 1. The summed E-state index contributed by atoms with van der Waals surface area (Å²) in [4.78, 5) is 35.4. The third-order valence-electron chi connectivity index (χ3n) is 6.00. The summed E-state index contributed by atoms with van der Waals surface area (Å²) in [7, 11) is -2.85. The Labute approximate surface area is 215 Å². The third-order valence-corrected chi connectivity index (χ3v) is 9.59. The van der Waals surface area contributed by atoms with E-state index >= 15 is 0 Å². The molecule has 3 heterocycles. The van der Waals surface area contributed by atoms with Crippen molar-refractivity contribution in [3.63, 3.8) is 0 Å². The van der Waals surface area contributed by atoms with E-state index in [2.05, 4.69) is 9.97 Å². The Balaban J connectivity index is 1.44. The fourth-order valence-electron chi connectivity index (χ4n) is 4.14. The van der Waals surface area contributed by atoms with Crippen molar-refractivity contribution < 1.29 is 22.7 Å². The van der Waals surface area contributed by atoms with Crippen LogP contribution in [0.4, 0.5) is 5.82 Å². The Bertz CT molecular complexity index is 1620. The van der Waals surface area contributed by atoms with Crippen molar-refractivity contribution >= 4 is 71.6 Å². The average molecular weight is 546 g/mol. The van der Waals surface area contributed by atoms with Gasteiger partial charge in [-0.25, -0.2) is 23.2 Å². The number of benzene rings is 2. The highest BCUT2D eigenvalue weighted by Crippen LogP contribution is 2.34. The van der Waals surface area contributed by atoms with Crippen molar-refractivity contribution in [3.8, 4) is 0 Å². The predicted molar refractivity (Wildman–Crippen MR) is 136 cm³/mol. The zero-order chi connectivity index (χ0) is 25.6. The van der Waals surface area contributed by atoms with E-state index in [9.17, 15) is 18.0 Å². The number of nitrogens with zero attached hydrogens (tertiary/aromatic N) is 4. The molecule has 0 aliphatic carbocycles. The van der Waals surface area contributed by atoms with Crippen LogP contribution >= 0.6 is 22.9 Å². The molecular weight excluding hydrogens is 526 g/mol. The molecule has 1 saturated heterocycles. The maximum atomic E-state index is 13.4. The molecule has 0 bridgehead atoms. The van der Waals surface area contributed by atoms with Gasteiger partial charge in [-0.2, -0.15) is 4.31 Å². The number of hydrogen-bond donors (Lipinski definition) is 1. The largest absolute Gasteiger partial charge is 0.467 e. The normalized spacial score (nSPS) is 17.1. The Morgan fingerprint density at radius 2 is 2.03 bits per heavy atom. The highest BCUT2D eigenvalue weighted by atomic mass is 35.5. The minimum Gasteiger partial charge on any atom is -0.467 e. The smallest absolute Gasteiger partial charge is 0.329 e. The van der Waals surface area contributed by atoms with Crippen LogP contribution in [0.15, 0.2) is 53.0 Å². The first kappa shape index (κ1) is 24.4. The van der Waals surface area contributed by atoms with Gasteiger partial charge in [-0.15, -0.1) is 11.3 Å². The molecule has 1 aliphatic rings. The van der Waals surface area contributed by atoms with Crippen LogP contribution in [0.5, 0.6) is 0 Å². The topological polar surface area (TPSA) is 136 Å². The number of fused-ring (bicyclic) bond motifs is 2. The Morgan fingerprint density at radius 1 is 1.22 bits per heavy atom. The lowest BCUT2D eigenvalue weighted by molar-refractivity contribution is -0.157. The molecule has 4 aromatic rings. The average Bonchev–Trinajstić information content (AvgIpc) is 3.29. The number of anilines is 1. The van der Waals surface area contributed by atoms with E-state index in [-0.39, 0.29) is 17.3 Å². The number of rotatable bonds is 5. The molecule has 10 nitrogen and oxygen atoms in total. The molecule has 13 heteroatoms. The number of ether oxygens (including phenoxy) is 1. The zero-order valence-electron chi connectivity index (χ0n) is 18.9. The van der Waals surface area contributed by atoms with E-state index in [4.69, 9.17) is 22.1 Å². The highest BCUT2D eigenvalue weighted by molar-refractivity contribution is 7.91. The molecule has 0 radical (unpaired) electrons. The van der Waals surface area contributed by atoms with Gasteiger partial charge in [0.2, 0.25) is 5.91 Å².